The van der Waals surface area contributed by atoms with E-state index in [1.807, 2.05) is 6.08 Å². The molecule has 0 bridgehead atoms. The van der Waals surface area contributed by atoms with Gasteiger partial charge in [0.15, 0.2) is 0 Å². The average molecular weight is 246 g/mol. The predicted octanol–water partition coefficient (Wildman–Crippen LogP) is 2.61. The van der Waals surface area contributed by atoms with Crippen molar-refractivity contribution in [1.29, 1.82) is 0 Å². The number of aliphatic hydroxyl groups excluding tert-OH is 1. The van der Waals surface area contributed by atoms with Crippen LogP contribution in [0.4, 0.5) is 0 Å². The summed E-state index contributed by atoms with van der Waals surface area (Å²) in [6.07, 6.45) is 5.08. The van der Waals surface area contributed by atoms with Gasteiger partial charge in [0.2, 0.25) is 0 Å². The molecule has 2 N–H and O–H groups in total. The minimum atomic E-state index is -0.833. The second kappa shape index (κ2) is 10.3. The molecule has 4 heteroatoms. The van der Waals surface area contributed by atoms with E-state index in [2.05, 4.69) is 20.8 Å². The van der Waals surface area contributed by atoms with Crippen LogP contribution in [0.25, 0.3) is 0 Å². The molecule has 0 rings (SSSR count). The van der Waals surface area contributed by atoms with Gasteiger partial charge in [-0.15, -0.1) is 0 Å². The average Bonchev–Trinajstić information content (AvgIpc) is 2.17. The van der Waals surface area contributed by atoms with Gasteiger partial charge in [-0.25, -0.2) is 0 Å². The third-order valence-corrected chi connectivity index (χ3v) is 2.34. The zero-order chi connectivity index (χ0) is 13.9. The number of carboxylic acids is 1. The van der Waals surface area contributed by atoms with Gasteiger partial charge in [0.25, 0.3) is 5.97 Å². The van der Waals surface area contributed by atoms with Crippen LogP contribution in [0.5, 0.6) is 0 Å². The molecule has 0 aliphatic rings. The highest BCUT2D eigenvalue weighted by atomic mass is 16.5. The molecule has 0 saturated heterocycles. The molecule has 0 heterocycles. The number of carboxylic acid groups (broad SMARTS) is 1. The van der Waals surface area contributed by atoms with Crippen LogP contribution in [-0.2, 0) is 9.53 Å². The highest BCUT2D eigenvalue weighted by Crippen LogP contribution is 2.18. The summed E-state index contributed by atoms with van der Waals surface area (Å²) < 4.78 is 5.31. The molecule has 0 aliphatic carbocycles. The van der Waals surface area contributed by atoms with E-state index in [1.165, 1.54) is 5.57 Å². The Hall–Kier alpha value is -0.870. The van der Waals surface area contributed by atoms with E-state index < -0.39 is 5.97 Å². The molecule has 0 aliphatic heterocycles. The number of aliphatic carboxylic acids is 1. The summed E-state index contributed by atoms with van der Waals surface area (Å²) >= 11 is 0. The fourth-order valence-corrected chi connectivity index (χ4v) is 1.15. The molecule has 0 spiro atoms. The number of allylic oxidation sites excluding steroid dienone is 1. The number of carbonyl (C=O) groups is 1. The maximum atomic E-state index is 9.00. The van der Waals surface area contributed by atoms with Gasteiger partial charge in [0.05, 0.1) is 12.2 Å². The lowest BCUT2D eigenvalue weighted by atomic mass is 9.99. The lowest BCUT2D eigenvalue weighted by Crippen LogP contribution is -2.21. The molecule has 0 radical (unpaired) electrons. The molecule has 0 aromatic heterocycles. The van der Waals surface area contributed by atoms with Crippen LogP contribution in [0, 0.1) is 0 Å². The third kappa shape index (κ3) is 17.7. The number of rotatable bonds is 6. The second-order valence-electron chi connectivity index (χ2n) is 4.57. The van der Waals surface area contributed by atoms with Crippen LogP contribution in [-0.4, -0.2) is 35.5 Å². The van der Waals surface area contributed by atoms with Crippen LogP contribution < -0.4 is 0 Å². The van der Waals surface area contributed by atoms with Crippen molar-refractivity contribution < 1.29 is 19.7 Å². The Bertz CT molecular complexity index is 228. The quantitative estimate of drug-likeness (QED) is 0.707. The van der Waals surface area contributed by atoms with Crippen molar-refractivity contribution in [3.05, 3.63) is 11.6 Å². The van der Waals surface area contributed by atoms with E-state index in [9.17, 15) is 0 Å². The number of methoxy groups -OCH3 is 1. The first kappa shape index (κ1) is 18.5. The van der Waals surface area contributed by atoms with Crippen LogP contribution >= 0.6 is 0 Å². The smallest absolute Gasteiger partial charge is 0.300 e. The molecule has 0 aromatic carbocycles. The van der Waals surface area contributed by atoms with Crippen molar-refractivity contribution in [2.45, 2.75) is 52.6 Å². The van der Waals surface area contributed by atoms with E-state index >= 15 is 0 Å². The fourth-order valence-electron chi connectivity index (χ4n) is 1.15. The Labute approximate surface area is 104 Å². The topological polar surface area (TPSA) is 66.8 Å². The number of hydrogen-bond donors (Lipinski definition) is 2. The van der Waals surface area contributed by atoms with Gasteiger partial charge in [-0.3, -0.25) is 4.79 Å². The second-order valence-corrected chi connectivity index (χ2v) is 4.57. The Morgan fingerprint density at radius 3 is 2.18 bits per heavy atom. The first-order valence-electron chi connectivity index (χ1n) is 5.76. The molecule has 102 valence electrons. The van der Waals surface area contributed by atoms with Crippen LogP contribution in [0.1, 0.15) is 47.0 Å². The highest BCUT2D eigenvalue weighted by Gasteiger charge is 2.14. The minimum Gasteiger partial charge on any atom is -0.481 e. The summed E-state index contributed by atoms with van der Waals surface area (Å²) in [7, 11) is 1.75. The minimum absolute atomic E-state index is 0.0144. The highest BCUT2D eigenvalue weighted by molar-refractivity contribution is 5.62. The van der Waals surface area contributed by atoms with Crippen LogP contribution in [0.15, 0.2) is 11.6 Å². The van der Waals surface area contributed by atoms with Gasteiger partial charge in [-0.2, -0.15) is 0 Å². The van der Waals surface area contributed by atoms with Crippen molar-refractivity contribution in [2.75, 3.05) is 13.7 Å². The molecular weight excluding hydrogens is 220 g/mol. The van der Waals surface area contributed by atoms with Gasteiger partial charge in [-0.1, -0.05) is 11.6 Å². The molecule has 0 amide bonds. The van der Waals surface area contributed by atoms with Crippen molar-refractivity contribution in [2.24, 2.45) is 0 Å². The van der Waals surface area contributed by atoms with Gasteiger partial charge < -0.3 is 14.9 Å². The maximum Gasteiger partial charge on any atom is 0.300 e. The first-order valence-corrected chi connectivity index (χ1v) is 5.76. The largest absolute Gasteiger partial charge is 0.481 e. The van der Waals surface area contributed by atoms with Gasteiger partial charge in [0.1, 0.15) is 0 Å². The molecule has 0 atom stereocenters. The molecule has 0 saturated carbocycles. The zero-order valence-corrected chi connectivity index (χ0v) is 11.6. The summed E-state index contributed by atoms with van der Waals surface area (Å²) in [4.78, 5) is 9.00. The lowest BCUT2D eigenvalue weighted by Gasteiger charge is -2.22. The van der Waals surface area contributed by atoms with Crippen LogP contribution in [0.3, 0.4) is 0 Å². The predicted molar refractivity (Wildman–Crippen MR) is 69.1 cm³/mol. The van der Waals surface area contributed by atoms with Crippen molar-refractivity contribution in [1.82, 2.24) is 0 Å². The van der Waals surface area contributed by atoms with E-state index in [0.29, 0.717) is 0 Å². The van der Waals surface area contributed by atoms with E-state index in [0.717, 1.165) is 26.2 Å². The molecule has 0 fully saturated rings. The normalized spacial score (nSPS) is 11.8. The van der Waals surface area contributed by atoms with E-state index in [1.54, 1.807) is 7.11 Å². The Balaban J connectivity index is 0. The summed E-state index contributed by atoms with van der Waals surface area (Å²) in [5, 5.41) is 16.1. The van der Waals surface area contributed by atoms with Gasteiger partial charge in [0, 0.05) is 14.0 Å². The summed E-state index contributed by atoms with van der Waals surface area (Å²) in [6, 6.07) is 0. The molecule has 0 unspecified atom stereocenters. The van der Waals surface area contributed by atoms with Crippen molar-refractivity contribution in [3.8, 4) is 0 Å². The Morgan fingerprint density at radius 2 is 1.82 bits per heavy atom. The summed E-state index contributed by atoms with van der Waals surface area (Å²) in [5.41, 5.74) is 1.24. The summed E-state index contributed by atoms with van der Waals surface area (Å²) in [6.45, 7) is 7.48. The SMILES string of the molecule is CC(=O)O.COC(C)(C)CCCC(C)=CCO. The zero-order valence-electron chi connectivity index (χ0n) is 11.6. The van der Waals surface area contributed by atoms with Gasteiger partial charge >= 0.3 is 0 Å². The molecule has 4 nitrogen and oxygen atoms in total. The molecular formula is C13H26O4. The lowest BCUT2D eigenvalue weighted by molar-refractivity contribution is -0.134. The van der Waals surface area contributed by atoms with Gasteiger partial charge in [-0.05, 0) is 40.0 Å². The van der Waals surface area contributed by atoms with Crippen LogP contribution in [0.2, 0.25) is 0 Å². The standard InChI is InChI=1S/C11H22O2.C2H4O2/c1-10(7-9-12)6-5-8-11(2,3)13-4;1-2(3)4/h7,12H,5-6,8-9H2,1-4H3;1H3,(H,3,4). The van der Waals surface area contributed by atoms with E-state index in [4.69, 9.17) is 19.7 Å². The number of aliphatic hydroxyl groups is 1. The maximum absolute atomic E-state index is 9.00. The monoisotopic (exact) mass is 246 g/mol. The molecule has 17 heavy (non-hydrogen) atoms. The number of hydrogen-bond acceptors (Lipinski definition) is 3. The fraction of sp³-hybridized carbons (Fsp3) is 0.769. The molecule has 0 aromatic rings. The summed E-state index contributed by atoms with van der Waals surface area (Å²) in [5.74, 6) is -0.833. The Kier molecular flexibility index (Phi) is 11.2. The van der Waals surface area contributed by atoms with E-state index in [-0.39, 0.29) is 12.2 Å². The third-order valence-electron chi connectivity index (χ3n) is 2.34. The van der Waals surface area contributed by atoms with Crippen molar-refractivity contribution in [3.63, 3.8) is 0 Å². The van der Waals surface area contributed by atoms with Crippen molar-refractivity contribution >= 4 is 5.97 Å². The Morgan fingerprint density at radius 1 is 1.35 bits per heavy atom. The number of ether oxygens (including phenoxy) is 1. The first-order chi connectivity index (χ1) is 7.75.